The average Bonchev–Trinajstić information content (AvgIpc) is 2.45. The van der Waals surface area contributed by atoms with E-state index in [0.29, 0.717) is 13.0 Å². The summed E-state index contributed by atoms with van der Waals surface area (Å²) in [5.41, 5.74) is 4.47. The highest BCUT2D eigenvalue weighted by molar-refractivity contribution is 9.10. The van der Waals surface area contributed by atoms with E-state index < -0.39 is 6.10 Å². The van der Waals surface area contributed by atoms with Gasteiger partial charge in [0.1, 0.15) is 5.75 Å². The third kappa shape index (κ3) is 4.08. The predicted octanol–water partition coefficient (Wildman–Crippen LogP) is 4.74. The van der Waals surface area contributed by atoms with E-state index in [1.54, 1.807) is 0 Å². The molecule has 2 nitrogen and oxygen atoms in total. The van der Waals surface area contributed by atoms with Gasteiger partial charge in [-0.3, -0.25) is 0 Å². The third-order valence-corrected chi connectivity index (χ3v) is 4.12. The molecule has 0 bridgehead atoms. The summed E-state index contributed by atoms with van der Waals surface area (Å²) < 4.78 is 6.56. The van der Waals surface area contributed by atoms with Gasteiger partial charge < -0.3 is 9.84 Å². The Labute approximate surface area is 134 Å². The lowest BCUT2D eigenvalue weighted by Crippen LogP contribution is -2.06. The standard InChI is InChI=1S/C18H21BrO2/c1-4-21-18-8-7-15(19)11-16(18)17(20)10-14-6-5-12(2)13(3)9-14/h5-9,11,17,20H,4,10H2,1-3H3. The Morgan fingerprint density at radius 1 is 1.10 bits per heavy atom. The van der Waals surface area contributed by atoms with E-state index in [2.05, 4.69) is 48.0 Å². The Hall–Kier alpha value is -1.32. The van der Waals surface area contributed by atoms with Crippen LogP contribution in [0.3, 0.4) is 0 Å². The molecular weight excluding hydrogens is 328 g/mol. The number of aryl methyl sites for hydroxylation is 2. The number of hydrogen-bond acceptors (Lipinski definition) is 2. The van der Waals surface area contributed by atoms with Crippen LogP contribution in [0.5, 0.6) is 5.75 Å². The average molecular weight is 349 g/mol. The molecule has 2 aromatic rings. The molecule has 0 aromatic heterocycles. The van der Waals surface area contributed by atoms with Crippen LogP contribution in [-0.4, -0.2) is 11.7 Å². The summed E-state index contributed by atoms with van der Waals surface area (Å²) in [5.74, 6) is 0.747. The Kier molecular flexibility index (Phi) is 5.43. The lowest BCUT2D eigenvalue weighted by Gasteiger charge is -2.17. The van der Waals surface area contributed by atoms with Gasteiger partial charge in [-0.05, 0) is 55.7 Å². The van der Waals surface area contributed by atoms with Gasteiger partial charge >= 0.3 is 0 Å². The van der Waals surface area contributed by atoms with Gasteiger partial charge in [0.25, 0.3) is 0 Å². The van der Waals surface area contributed by atoms with Crippen molar-refractivity contribution < 1.29 is 9.84 Å². The molecule has 2 aromatic carbocycles. The third-order valence-electron chi connectivity index (χ3n) is 3.63. The zero-order valence-corrected chi connectivity index (χ0v) is 14.3. The van der Waals surface area contributed by atoms with E-state index in [4.69, 9.17) is 4.74 Å². The minimum Gasteiger partial charge on any atom is -0.493 e. The van der Waals surface area contributed by atoms with Crippen molar-refractivity contribution in [2.75, 3.05) is 6.61 Å². The van der Waals surface area contributed by atoms with Crippen molar-refractivity contribution >= 4 is 15.9 Å². The SMILES string of the molecule is CCOc1ccc(Br)cc1C(O)Cc1ccc(C)c(C)c1. The van der Waals surface area contributed by atoms with Gasteiger partial charge in [0.05, 0.1) is 12.7 Å². The lowest BCUT2D eigenvalue weighted by atomic mass is 9.98. The largest absolute Gasteiger partial charge is 0.493 e. The van der Waals surface area contributed by atoms with Gasteiger partial charge in [0.15, 0.2) is 0 Å². The molecule has 0 aliphatic heterocycles. The molecule has 0 spiro atoms. The van der Waals surface area contributed by atoms with E-state index in [1.807, 2.05) is 25.1 Å². The normalized spacial score (nSPS) is 12.2. The second-order valence-electron chi connectivity index (χ2n) is 5.25. The Morgan fingerprint density at radius 3 is 2.52 bits per heavy atom. The first-order valence-corrected chi connectivity index (χ1v) is 7.97. The van der Waals surface area contributed by atoms with E-state index in [0.717, 1.165) is 21.3 Å². The van der Waals surface area contributed by atoms with Gasteiger partial charge in [0.2, 0.25) is 0 Å². The molecule has 1 atom stereocenters. The molecule has 0 amide bonds. The van der Waals surface area contributed by atoms with Gasteiger partial charge in [-0.2, -0.15) is 0 Å². The predicted molar refractivity (Wildman–Crippen MR) is 89.9 cm³/mol. The molecule has 21 heavy (non-hydrogen) atoms. The Morgan fingerprint density at radius 2 is 1.86 bits per heavy atom. The maximum atomic E-state index is 10.6. The van der Waals surface area contributed by atoms with E-state index in [1.165, 1.54) is 11.1 Å². The van der Waals surface area contributed by atoms with Crippen LogP contribution < -0.4 is 4.74 Å². The highest BCUT2D eigenvalue weighted by Gasteiger charge is 2.15. The smallest absolute Gasteiger partial charge is 0.125 e. The molecule has 1 N–H and O–H groups in total. The molecular formula is C18H21BrO2. The minimum atomic E-state index is -0.578. The zero-order valence-electron chi connectivity index (χ0n) is 12.7. The zero-order chi connectivity index (χ0) is 15.4. The van der Waals surface area contributed by atoms with Gasteiger partial charge in [-0.1, -0.05) is 34.1 Å². The van der Waals surface area contributed by atoms with Crippen LogP contribution in [0.1, 0.15) is 35.3 Å². The van der Waals surface area contributed by atoms with Crippen molar-refractivity contribution in [3.63, 3.8) is 0 Å². The van der Waals surface area contributed by atoms with Crippen molar-refractivity contribution in [1.29, 1.82) is 0 Å². The van der Waals surface area contributed by atoms with Crippen molar-refractivity contribution in [3.8, 4) is 5.75 Å². The summed E-state index contributed by atoms with van der Waals surface area (Å²) in [6.45, 7) is 6.72. The van der Waals surface area contributed by atoms with Crippen LogP contribution in [0.2, 0.25) is 0 Å². The summed E-state index contributed by atoms with van der Waals surface area (Å²) in [4.78, 5) is 0. The van der Waals surface area contributed by atoms with Crippen LogP contribution in [0.4, 0.5) is 0 Å². The van der Waals surface area contributed by atoms with E-state index >= 15 is 0 Å². The van der Waals surface area contributed by atoms with Crippen LogP contribution in [0, 0.1) is 13.8 Å². The first-order valence-electron chi connectivity index (χ1n) is 7.17. The van der Waals surface area contributed by atoms with Gasteiger partial charge in [0, 0.05) is 16.5 Å². The number of halogens is 1. The fraction of sp³-hybridized carbons (Fsp3) is 0.333. The quantitative estimate of drug-likeness (QED) is 0.845. The molecule has 0 heterocycles. The first-order chi connectivity index (χ1) is 10.0. The minimum absolute atomic E-state index is 0.578. The molecule has 0 saturated heterocycles. The van der Waals surface area contributed by atoms with Crippen LogP contribution in [-0.2, 0) is 6.42 Å². The number of rotatable bonds is 5. The maximum absolute atomic E-state index is 10.6. The molecule has 0 radical (unpaired) electrons. The highest BCUT2D eigenvalue weighted by Crippen LogP contribution is 2.31. The molecule has 0 saturated carbocycles. The van der Waals surface area contributed by atoms with Crippen LogP contribution >= 0.6 is 15.9 Å². The second kappa shape index (κ2) is 7.10. The lowest BCUT2D eigenvalue weighted by molar-refractivity contribution is 0.172. The Balaban J connectivity index is 2.24. The molecule has 0 fully saturated rings. The number of aliphatic hydroxyl groups excluding tert-OH is 1. The summed E-state index contributed by atoms with van der Waals surface area (Å²) >= 11 is 3.46. The van der Waals surface area contributed by atoms with Crippen LogP contribution in [0.15, 0.2) is 40.9 Å². The number of aliphatic hydroxyl groups is 1. The monoisotopic (exact) mass is 348 g/mol. The topological polar surface area (TPSA) is 29.5 Å². The molecule has 1 unspecified atom stereocenters. The van der Waals surface area contributed by atoms with Crippen LogP contribution in [0.25, 0.3) is 0 Å². The molecule has 0 aliphatic rings. The summed E-state index contributed by atoms with van der Waals surface area (Å²) in [6.07, 6.45) is 0.00337. The highest BCUT2D eigenvalue weighted by atomic mass is 79.9. The summed E-state index contributed by atoms with van der Waals surface area (Å²) in [7, 11) is 0. The molecule has 112 valence electrons. The fourth-order valence-electron chi connectivity index (χ4n) is 2.33. The van der Waals surface area contributed by atoms with Gasteiger partial charge in [-0.25, -0.2) is 0 Å². The first kappa shape index (κ1) is 16.1. The summed E-state index contributed by atoms with van der Waals surface area (Å²) in [6, 6.07) is 12.1. The van der Waals surface area contributed by atoms with Crippen molar-refractivity contribution in [1.82, 2.24) is 0 Å². The van der Waals surface area contributed by atoms with Crippen molar-refractivity contribution in [3.05, 3.63) is 63.1 Å². The summed E-state index contributed by atoms with van der Waals surface area (Å²) in [5, 5.41) is 10.6. The molecule has 2 rings (SSSR count). The molecule has 0 aliphatic carbocycles. The number of benzene rings is 2. The Bertz CT molecular complexity index is 623. The second-order valence-corrected chi connectivity index (χ2v) is 6.17. The molecule has 3 heteroatoms. The van der Waals surface area contributed by atoms with E-state index in [-0.39, 0.29) is 0 Å². The fourth-order valence-corrected chi connectivity index (χ4v) is 2.71. The van der Waals surface area contributed by atoms with Crippen molar-refractivity contribution in [2.45, 2.75) is 33.3 Å². The van der Waals surface area contributed by atoms with Gasteiger partial charge in [-0.15, -0.1) is 0 Å². The van der Waals surface area contributed by atoms with E-state index in [9.17, 15) is 5.11 Å². The number of hydrogen-bond donors (Lipinski definition) is 1. The number of ether oxygens (including phenoxy) is 1. The maximum Gasteiger partial charge on any atom is 0.125 e. The van der Waals surface area contributed by atoms with Crippen molar-refractivity contribution in [2.24, 2.45) is 0 Å².